The Kier molecular flexibility index (Phi) is 5.04. The molecule has 0 fully saturated rings. The van der Waals surface area contributed by atoms with Gasteiger partial charge in [0.15, 0.2) is 0 Å². The number of aromatic nitrogens is 2. The summed E-state index contributed by atoms with van der Waals surface area (Å²) in [6.45, 7) is 6.33. The highest BCUT2D eigenvalue weighted by Crippen LogP contribution is 2.25. The second-order valence-corrected chi connectivity index (χ2v) is 7.75. The lowest BCUT2D eigenvalue weighted by Gasteiger charge is -2.22. The van der Waals surface area contributed by atoms with E-state index >= 15 is 0 Å². The summed E-state index contributed by atoms with van der Waals surface area (Å²) < 4.78 is 1.00. The third-order valence-electron chi connectivity index (χ3n) is 3.38. The molecule has 3 rings (SSSR count). The normalized spacial score (nSPS) is 11.2. The molecule has 0 bridgehead atoms. The SMILES string of the molecule is CC(C)(C)Nc1cc(-c2ccccc2)nc(Nc2cccc(Br)c2)n1. The van der Waals surface area contributed by atoms with Crippen molar-refractivity contribution in [3.05, 3.63) is 65.1 Å². The number of benzene rings is 2. The molecule has 2 aromatic carbocycles. The quantitative estimate of drug-likeness (QED) is 0.579. The second-order valence-electron chi connectivity index (χ2n) is 6.84. The van der Waals surface area contributed by atoms with Crippen molar-refractivity contribution in [2.24, 2.45) is 0 Å². The van der Waals surface area contributed by atoms with Gasteiger partial charge in [-0.25, -0.2) is 4.98 Å². The van der Waals surface area contributed by atoms with Crippen molar-refractivity contribution >= 4 is 33.4 Å². The number of nitrogens with zero attached hydrogens (tertiary/aromatic N) is 2. The van der Waals surface area contributed by atoms with Gasteiger partial charge in [0.25, 0.3) is 0 Å². The van der Waals surface area contributed by atoms with Gasteiger partial charge < -0.3 is 10.6 Å². The van der Waals surface area contributed by atoms with E-state index in [0.717, 1.165) is 27.2 Å². The average Bonchev–Trinajstić information content (AvgIpc) is 2.54. The van der Waals surface area contributed by atoms with Crippen molar-refractivity contribution in [1.29, 1.82) is 0 Å². The zero-order valence-corrected chi connectivity index (χ0v) is 16.1. The summed E-state index contributed by atoms with van der Waals surface area (Å²) in [4.78, 5) is 9.30. The summed E-state index contributed by atoms with van der Waals surface area (Å²) in [5, 5.41) is 6.72. The molecule has 1 aromatic heterocycles. The molecule has 0 saturated carbocycles. The first-order valence-corrected chi connectivity index (χ1v) is 8.94. The van der Waals surface area contributed by atoms with Gasteiger partial charge in [0.1, 0.15) is 5.82 Å². The molecule has 0 amide bonds. The summed E-state index contributed by atoms with van der Waals surface area (Å²) >= 11 is 3.49. The maximum absolute atomic E-state index is 4.68. The Hall–Kier alpha value is -2.40. The molecular formula is C20H21BrN4. The van der Waals surface area contributed by atoms with Gasteiger partial charge in [-0.05, 0) is 39.0 Å². The minimum absolute atomic E-state index is 0.0879. The molecule has 3 aromatic rings. The van der Waals surface area contributed by atoms with Crippen LogP contribution in [0.15, 0.2) is 65.1 Å². The van der Waals surface area contributed by atoms with Crippen molar-refractivity contribution in [2.45, 2.75) is 26.3 Å². The van der Waals surface area contributed by atoms with E-state index in [9.17, 15) is 0 Å². The van der Waals surface area contributed by atoms with Crippen molar-refractivity contribution in [1.82, 2.24) is 9.97 Å². The Morgan fingerprint density at radius 2 is 1.64 bits per heavy atom. The molecule has 0 spiro atoms. The van der Waals surface area contributed by atoms with Gasteiger partial charge in [-0.2, -0.15) is 4.98 Å². The molecule has 25 heavy (non-hydrogen) atoms. The van der Waals surface area contributed by atoms with E-state index in [0.29, 0.717) is 5.95 Å². The molecule has 128 valence electrons. The molecular weight excluding hydrogens is 376 g/mol. The highest BCUT2D eigenvalue weighted by molar-refractivity contribution is 9.10. The molecule has 0 atom stereocenters. The van der Waals surface area contributed by atoms with Gasteiger partial charge in [-0.15, -0.1) is 0 Å². The minimum Gasteiger partial charge on any atom is -0.365 e. The molecule has 5 heteroatoms. The van der Waals surface area contributed by atoms with Crippen LogP contribution in [0.1, 0.15) is 20.8 Å². The van der Waals surface area contributed by atoms with Crippen LogP contribution in [0.25, 0.3) is 11.3 Å². The number of halogens is 1. The van der Waals surface area contributed by atoms with Gasteiger partial charge >= 0.3 is 0 Å². The molecule has 4 nitrogen and oxygen atoms in total. The number of rotatable bonds is 4. The summed E-state index contributed by atoms with van der Waals surface area (Å²) in [7, 11) is 0. The maximum Gasteiger partial charge on any atom is 0.229 e. The first-order chi connectivity index (χ1) is 11.9. The van der Waals surface area contributed by atoms with E-state index in [-0.39, 0.29) is 5.54 Å². The van der Waals surface area contributed by atoms with Gasteiger partial charge in [0.05, 0.1) is 5.69 Å². The van der Waals surface area contributed by atoms with Gasteiger partial charge in [0.2, 0.25) is 5.95 Å². The lowest BCUT2D eigenvalue weighted by molar-refractivity contribution is 0.630. The molecule has 0 aliphatic rings. The van der Waals surface area contributed by atoms with Crippen LogP contribution in [0.4, 0.5) is 17.5 Å². The van der Waals surface area contributed by atoms with Crippen molar-refractivity contribution in [3.8, 4) is 11.3 Å². The first-order valence-electron chi connectivity index (χ1n) is 8.14. The van der Waals surface area contributed by atoms with E-state index in [1.54, 1.807) is 0 Å². The summed E-state index contributed by atoms with van der Waals surface area (Å²) in [5.74, 6) is 1.35. The van der Waals surface area contributed by atoms with Crippen LogP contribution < -0.4 is 10.6 Å². The Labute approximate surface area is 156 Å². The second kappa shape index (κ2) is 7.23. The fourth-order valence-electron chi connectivity index (χ4n) is 2.40. The third-order valence-corrected chi connectivity index (χ3v) is 3.87. The zero-order chi connectivity index (χ0) is 17.9. The lowest BCUT2D eigenvalue weighted by Crippen LogP contribution is -2.26. The number of hydrogen-bond donors (Lipinski definition) is 2. The molecule has 0 saturated heterocycles. The highest BCUT2D eigenvalue weighted by Gasteiger charge is 2.13. The molecule has 0 aliphatic heterocycles. The van der Waals surface area contributed by atoms with Crippen molar-refractivity contribution in [2.75, 3.05) is 10.6 Å². The summed E-state index contributed by atoms with van der Waals surface area (Å²) in [5.41, 5.74) is 2.77. The third kappa shape index (κ3) is 5.03. The Morgan fingerprint density at radius 3 is 2.32 bits per heavy atom. The van der Waals surface area contributed by atoms with Gasteiger partial charge in [-0.3, -0.25) is 0 Å². The summed E-state index contributed by atoms with van der Waals surface area (Å²) in [6, 6.07) is 20.0. The average molecular weight is 397 g/mol. The first kappa shape index (κ1) is 17.4. The van der Waals surface area contributed by atoms with Crippen molar-refractivity contribution in [3.63, 3.8) is 0 Å². The van der Waals surface area contributed by atoms with Crippen LogP contribution in [-0.4, -0.2) is 15.5 Å². The molecule has 2 N–H and O–H groups in total. The molecule has 1 heterocycles. The molecule has 0 unspecified atom stereocenters. The summed E-state index contributed by atoms with van der Waals surface area (Å²) in [6.07, 6.45) is 0. The van der Waals surface area contributed by atoms with Gasteiger partial charge in [0, 0.05) is 27.3 Å². The monoisotopic (exact) mass is 396 g/mol. The van der Waals surface area contributed by atoms with Gasteiger partial charge in [-0.1, -0.05) is 52.3 Å². The fraction of sp³-hybridized carbons (Fsp3) is 0.200. The number of anilines is 3. The van der Waals surface area contributed by atoms with Crippen LogP contribution in [0, 0.1) is 0 Å². The van der Waals surface area contributed by atoms with Crippen LogP contribution >= 0.6 is 15.9 Å². The van der Waals surface area contributed by atoms with Crippen molar-refractivity contribution < 1.29 is 0 Å². The van der Waals surface area contributed by atoms with Crippen LogP contribution in [0.5, 0.6) is 0 Å². The fourth-order valence-corrected chi connectivity index (χ4v) is 2.80. The molecule has 0 radical (unpaired) electrons. The van der Waals surface area contributed by atoms with Crippen LogP contribution in [0.3, 0.4) is 0 Å². The predicted octanol–water partition coefficient (Wildman–Crippen LogP) is 5.86. The van der Waals surface area contributed by atoms with E-state index in [2.05, 4.69) is 57.3 Å². The number of hydrogen-bond acceptors (Lipinski definition) is 4. The lowest BCUT2D eigenvalue weighted by atomic mass is 10.1. The minimum atomic E-state index is -0.0879. The number of nitrogens with one attached hydrogen (secondary N) is 2. The van der Waals surface area contributed by atoms with E-state index < -0.39 is 0 Å². The topological polar surface area (TPSA) is 49.8 Å². The van der Waals surface area contributed by atoms with Crippen LogP contribution in [0.2, 0.25) is 0 Å². The predicted molar refractivity (Wildman–Crippen MR) is 108 cm³/mol. The smallest absolute Gasteiger partial charge is 0.229 e. The van der Waals surface area contributed by atoms with Crippen LogP contribution in [-0.2, 0) is 0 Å². The zero-order valence-electron chi connectivity index (χ0n) is 14.5. The highest BCUT2D eigenvalue weighted by atomic mass is 79.9. The molecule has 0 aliphatic carbocycles. The largest absolute Gasteiger partial charge is 0.365 e. The Bertz CT molecular complexity index is 857. The van der Waals surface area contributed by atoms with E-state index in [1.165, 1.54) is 0 Å². The Morgan fingerprint density at radius 1 is 0.880 bits per heavy atom. The van der Waals surface area contributed by atoms with E-state index in [1.807, 2.05) is 60.7 Å². The maximum atomic E-state index is 4.68. The Balaban J connectivity index is 2.00. The van der Waals surface area contributed by atoms with E-state index in [4.69, 9.17) is 0 Å². The standard InChI is InChI=1S/C20H21BrN4/c1-20(2,3)25-18-13-17(14-8-5-4-6-9-14)23-19(24-18)22-16-11-7-10-15(21)12-16/h4-13H,1-3H3,(H2,22,23,24,25).